The summed E-state index contributed by atoms with van der Waals surface area (Å²) < 4.78 is 27.7. The summed E-state index contributed by atoms with van der Waals surface area (Å²) in [5.74, 6) is -0.360. The molecule has 128 valence electrons. The molecule has 0 saturated carbocycles. The summed E-state index contributed by atoms with van der Waals surface area (Å²) in [6.45, 7) is 5.56. The summed E-state index contributed by atoms with van der Waals surface area (Å²) in [6.07, 6.45) is 3.64. The molecule has 0 aliphatic rings. The van der Waals surface area contributed by atoms with Crippen molar-refractivity contribution in [3.05, 3.63) is 12.4 Å². The van der Waals surface area contributed by atoms with Gasteiger partial charge >= 0.3 is 0 Å². The molecule has 22 heavy (non-hydrogen) atoms. The van der Waals surface area contributed by atoms with E-state index < -0.39 is 16.1 Å². The van der Waals surface area contributed by atoms with Crippen molar-refractivity contribution in [2.75, 3.05) is 19.6 Å². The van der Waals surface area contributed by atoms with Gasteiger partial charge in [0, 0.05) is 26.3 Å². The molecule has 0 saturated heterocycles. The summed E-state index contributed by atoms with van der Waals surface area (Å²) >= 11 is 0. The lowest BCUT2D eigenvalue weighted by Crippen LogP contribution is -2.46. The number of rotatable bonds is 9. The van der Waals surface area contributed by atoms with Gasteiger partial charge < -0.3 is 10.6 Å². The van der Waals surface area contributed by atoms with Crippen LogP contribution in [0.3, 0.4) is 0 Å². The number of nitrogens with one attached hydrogen (secondary N) is 3. The van der Waals surface area contributed by atoms with Crippen LogP contribution in [0.5, 0.6) is 0 Å². The molecular formula is C12H24ClN5O3S. The zero-order chi connectivity index (χ0) is 15.9. The van der Waals surface area contributed by atoms with Gasteiger partial charge in [0.25, 0.3) is 0 Å². The fourth-order valence-electron chi connectivity index (χ4n) is 1.62. The molecule has 0 spiro atoms. The number of hydrogen-bond donors (Lipinski definition) is 3. The molecular weight excluding hydrogens is 330 g/mol. The molecule has 1 rings (SSSR count). The molecule has 1 aromatic rings. The number of carbonyl (C=O) groups is 1. The molecule has 0 bridgehead atoms. The standard InChI is InChI=1S/C12H23N5O3S.ClH/c1-4-5-13-6-7-14-12(18)10(2)16-21(19,20)11-8-15-17(3)9-11;/h8-10,13,16H,4-7H2,1-3H3,(H,14,18);1H. The Morgan fingerprint density at radius 1 is 1.36 bits per heavy atom. The van der Waals surface area contributed by atoms with E-state index >= 15 is 0 Å². The average molecular weight is 354 g/mol. The van der Waals surface area contributed by atoms with Gasteiger partial charge in [0.15, 0.2) is 0 Å². The van der Waals surface area contributed by atoms with Crippen molar-refractivity contribution in [3.63, 3.8) is 0 Å². The van der Waals surface area contributed by atoms with Crippen LogP contribution in [0.1, 0.15) is 20.3 Å². The van der Waals surface area contributed by atoms with E-state index in [1.165, 1.54) is 24.0 Å². The van der Waals surface area contributed by atoms with Crippen molar-refractivity contribution in [1.82, 2.24) is 25.1 Å². The zero-order valence-electron chi connectivity index (χ0n) is 13.0. The van der Waals surface area contributed by atoms with Gasteiger partial charge in [-0.1, -0.05) is 6.92 Å². The number of carbonyl (C=O) groups excluding carboxylic acids is 1. The largest absolute Gasteiger partial charge is 0.353 e. The van der Waals surface area contributed by atoms with Crippen LogP contribution in [0.4, 0.5) is 0 Å². The third-order valence-electron chi connectivity index (χ3n) is 2.74. The molecule has 1 aromatic heterocycles. The summed E-state index contributed by atoms with van der Waals surface area (Å²) in [7, 11) is -2.11. The number of aryl methyl sites for hydroxylation is 1. The average Bonchev–Trinajstić information content (AvgIpc) is 2.85. The van der Waals surface area contributed by atoms with Gasteiger partial charge in [-0.2, -0.15) is 9.82 Å². The van der Waals surface area contributed by atoms with Gasteiger partial charge in [-0.25, -0.2) is 8.42 Å². The second-order valence-electron chi connectivity index (χ2n) is 4.73. The topological polar surface area (TPSA) is 105 Å². The smallest absolute Gasteiger partial charge is 0.244 e. The molecule has 1 unspecified atom stereocenters. The molecule has 1 amide bonds. The Morgan fingerprint density at radius 3 is 2.59 bits per heavy atom. The van der Waals surface area contributed by atoms with Gasteiger partial charge in [-0.15, -0.1) is 12.4 Å². The van der Waals surface area contributed by atoms with Crippen molar-refractivity contribution in [1.29, 1.82) is 0 Å². The lowest BCUT2D eigenvalue weighted by molar-refractivity contribution is -0.122. The molecule has 0 radical (unpaired) electrons. The Bertz CT molecular complexity index is 561. The first-order valence-electron chi connectivity index (χ1n) is 6.86. The van der Waals surface area contributed by atoms with Gasteiger partial charge in [0.1, 0.15) is 4.90 Å². The van der Waals surface area contributed by atoms with Crippen LogP contribution < -0.4 is 15.4 Å². The number of hydrogen-bond acceptors (Lipinski definition) is 5. The van der Waals surface area contributed by atoms with Crippen molar-refractivity contribution in [2.45, 2.75) is 31.2 Å². The Kier molecular flexibility index (Phi) is 9.26. The minimum absolute atomic E-state index is 0. The highest BCUT2D eigenvalue weighted by molar-refractivity contribution is 7.89. The van der Waals surface area contributed by atoms with Gasteiger partial charge in [0.05, 0.1) is 12.2 Å². The predicted octanol–water partition coefficient (Wildman–Crippen LogP) is -0.375. The highest BCUT2D eigenvalue weighted by atomic mass is 35.5. The fraction of sp³-hybridized carbons (Fsp3) is 0.667. The molecule has 10 heteroatoms. The number of sulfonamides is 1. The molecule has 0 aliphatic carbocycles. The van der Waals surface area contributed by atoms with E-state index in [1.54, 1.807) is 7.05 Å². The molecule has 1 heterocycles. The van der Waals surface area contributed by atoms with E-state index in [4.69, 9.17) is 0 Å². The Morgan fingerprint density at radius 2 is 2.05 bits per heavy atom. The van der Waals surface area contributed by atoms with Crippen molar-refractivity contribution in [2.24, 2.45) is 7.05 Å². The van der Waals surface area contributed by atoms with Crippen LogP contribution >= 0.6 is 12.4 Å². The van der Waals surface area contributed by atoms with E-state index in [-0.39, 0.29) is 23.2 Å². The first-order valence-corrected chi connectivity index (χ1v) is 8.34. The van der Waals surface area contributed by atoms with Gasteiger partial charge in [0.2, 0.25) is 15.9 Å². The third kappa shape index (κ3) is 6.73. The van der Waals surface area contributed by atoms with Gasteiger partial charge in [-0.3, -0.25) is 9.48 Å². The van der Waals surface area contributed by atoms with Crippen LogP contribution in [-0.4, -0.2) is 49.8 Å². The van der Waals surface area contributed by atoms with Crippen molar-refractivity contribution in [3.8, 4) is 0 Å². The maximum absolute atomic E-state index is 12.0. The highest BCUT2D eigenvalue weighted by Crippen LogP contribution is 2.06. The van der Waals surface area contributed by atoms with Crippen molar-refractivity contribution >= 4 is 28.3 Å². The lowest BCUT2D eigenvalue weighted by Gasteiger charge is -2.13. The monoisotopic (exact) mass is 353 g/mol. The zero-order valence-corrected chi connectivity index (χ0v) is 14.6. The second-order valence-corrected chi connectivity index (χ2v) is 6.45. The third-order valence-corrected chi connectivity index (χ3v) is 4.24. The second kappa shape index (κ2) is 9.78. The quantitative estimate of drug-likeness (QED) is 0.525. The summed E-state index contributed by atoms with van der Waals surface area (Å²) in [6, 6.07) is -0.846. The number of aromatic nitrogens is 2. The highest BCUT2D eigenvalue weighted by Gasteiger charge is 2.22. The Hall–Kier alpha value is -1.16. The number of nitrogens with zero attached hydrogens (tertiary/aromatic N) is 2. The minimum atomic E-state index is -3.73. The summed E-state index contributed by atoms with van der Waals surface area (Å²) in [5.41, 5.74) is 0. The lowest BCUT2D eigenvalue weighted by atomic mass is 10.3. The Balaban J connectivity index is 0.00000441. The van der Waals surface area contributed by atoms with E-state index in [9.17, 15) is 13.2 Å². The predicted molar refractivity (Wildman–Crippen MR) is 86.4 cm³/mol. The number of amides is 1. The van der Waals surface area contributed by atoms with E-state index in [0.29, 0.717) is 13.1 Å². The minimum Gasteiger partial charge on any atom is -0.353 e. The maximum Gasteiger partial charge on any atom is 0.244 e. The van der Waals surface area contributed by atoms with Crippen LogP contribution in [0.2, 0.25) is 0 Å². The van der Waals surface area contributed by atoms with Crippen molar-refractivity contribution < 1.29 is 13.2 Å². The normalized spacial score (nSPS) is 12.5. The molecule has 8 nitrogen and oxygen atoms in total. The van der Waals surface area contributed by atoms with Crippen LogP contribution in [0, 0.1) is 0 Å². The molecule has 3 N–H and O–H groups in total. The number of halogens is 1. The van der Waals surface area contributed by atoms with Crippen LogP contribution in [-0.2, 0) is 21.9 Å². The molecule has 0 fully saturated rings. The van der Waals surface area contributed by atoms with E-state index in [0.717, 1.165) is 13.0 Å². The van der Waals surface area contributed by atoms with Crippen LogP contribution in [0.25, 0.3) is 0 Å². The van der Waals surface area contributed by atoms with Gasteiger partial charge in [-0.05, 0) is 19.9 Å². The molecule has 0 aromatic carbocycles. The summed E-state index contributed by atoms with van der Waals surface area (Å²) in [4.78, 5) is 11.8. The first kappa shape index (κ1) is 20.8. The van der Waals surface area contributed by atoms with E-state index in [2.05, 4.69) is 27.4 Å². The SMILES string of the molecule is CCCNCCNC(=O)C(C)NS(=O)(=O)c1cnn(C)c1.Cl. The fourth-order valence-corrected chi connectivity index (χ4v) is 2.81. The molecule has 1 atom stereocenters. The maximum atomic E-state index is 12.0. The first-order chi connectivity index (χ1) is 9.86. The molecule has 0 aliphatic heterocycles. The van der Waals surface area contributed by atoms with Crippen LogP contribution in [0.15, 0.2) is 17.3 Å². The Labute approximate surface area is 137 Å². The summed E-state index contributed by atoms with van der Waals surface area (Å²) in [5, 5.41) is 9.62. The van der Waals surface area contributed by atoms with E-state index in [1.807, 2.05) is 0 Å².